The highest BCUT2D eigenvalue weighted by Crippen LogP contribution is 2.39. The number of carbonyl (C=O) groups is 2. The molecule has 28 heavy (non-hydrogen) atoms. The molecule has 0 spiro atoms. The first kappa shape index (κ1) is 22.5. The van der Waals surface area contributed by atoms with E-state index in [1.807, 2.05) is 21.6 Å². The molecule has 1 unspecified atom stereocenters. The molecule has 1 atom stereocenters. The summed E-state index contributed by atoms with van der Waals surface area (Å²) in [7, 11) is 3.91. The van der Waals surface area contributed by atoms with E-state index in [1.165, 1.54) is 18.6 Å². The Balaban J connectivity index is 1.52. The van der Waals surface area contributed by atoms with Gasteiger partial charge in [-0.2, -0.15) is 4.39 Å². The molecule has 1 aliphatic heterocycles. The molecule has 0 radical (unpaired) electrons. The fourth-order valence-electron chi connectivity index (χ4n) is 2.59. The van der Waals surface area contributed by atoms with Gasteiger partial charge < -0.3 is 10.1 Å². The van der Waals surface area contributed by atoms with Crippen LogP contribution in [0.5, 0.6) is 0 Å². The maximum Gasteiger partial charge on any atom is 0.336 e. The Morgan fingerprint density at radius 2 is 2.11 bits per heavy atom. The maximum absolute atomic E-state index is 13.1. The van der Waals surface area contributed by atoms with Gasteiger partial charge in [-0.05, 0) is 25.7 Å². The van der Waals surface area contributed by atoms with E-state index in [-0.39, 0.29) is 18.9 Å². The van der Waals surface area contributed by atoms with E-state index in [1.54, 1.807) is 4.98 Å². The average molecular weight is 434 g/mol. The van der Waals surface area contributed by atoms with Gasteiger partial charge in [-0.15, -0.1) is 0 Å². The highest BCUT2D eigenvalue weighted by atomic mass is 33.1. The second-order valence-electron chi connectivity index (χ2n) is 6.34. The lowest BCUT2D eigenvalue weighted by Crippen LogP contribution is -2.41. The number of hydrogen-bond donors (Lipinski definition) is 2. The fraction of sp³-hybridized carbons (Fsp3) is 0.647. The number of esters is 1. The third kappa shape index (κ3) is 7.70. The van der Waals surface area contributed by atoms with Crippen molar-refractivity contribution in [2.24, 2.45) is 0 Å². The third-order valence-corrected chi connectivity index (χ3v) is 7.12. The largest absolute Gasteiger partial charge is 0.466 e. The SMILES string of the molecule is O=C(CCCNC(=O)n1cc(F)c(=O)[nH]c1=O)OCCCCCC1CCSS1. The van der Waals surface area contributed by atoms with Crippen molar-refractivity contribution in [1.82, 2.24) is 14.9 Å². The first-order valence-corrected chi connectivity index (χ1v) is 11.6. The Kier molecular flexibility index (Phi) is 9.62. The van der Waals surface area contributed by atoms with Crippen molar-refractivity contribution in [3.05, 3.63) is 32.9 Å². The van der Waals surface area contributed by atoms with Gasteiger partial charge in [-0.1, -0.05) is 34.4 Å². The molecule has 1 aromatic heterocycles. The van der Waals surface area contributed by atoms with Crippen molar-refractivity contribution < 1.29 is 18.7 Å². The Hall–Kier alpha value is -1.75. The van der Waals surface area contributed by atoms with E-state index in [9.17, 15) is 23.6 Å². The Morgan fingerprint density at radius 3 is 2.86 bits per heavy atom. The first-order chi connectivity index (χ1) is 13.5. The summed E-state index contributed by atoms with van der Waals surface area (Å²) in [5, 5.41) is 3.15. The number of ether oxygens (including phenoxy) is 1. The lowest BCUT2D eigenvalue weighted by molar-refractivity contribution is -0.143. The molecule has 1 fully saturated rings. The van der Waals surface area contributed by atoms with Crippen molar-refractivity contribution in [2.75, 3.05) is 18.9 Å². The third-order valence-electron chi connectivity index (χ3n) is 4.11. The summed E-state index contributed by atoms with van der Waals surface area (Å²) in [5.41, 5.74) is -2.22. The molecule has 2 heterocycles. The van der Waals surface area contributed by atoms with E-state index in [0.717, 1.165) is 24.5 Å². The highest BCUT2D eigenvalue weighted by molar-refractivity contribution is 8.77. The van der Waals surface area contributed by atoms with Gasteiger partial charge >= 0.3 is 17.7 Å². The molecular formula is C17H24FN3O5S2. The monoisotopic (exact) mass is 433 g/mol. The normalized spacial score (nSPS) is 16.1. The quantitative estimate of drug-likeness (QED) is 0.331. The summed E-state index contributed by atoms with van der Waals surface area (Å²) >= 11 is 0. The van der Waals surface area contributed by atoms with E-state index in [2.05, 4.69) is 5.32 Å². The van der Waals surface area contributed by atoms with Crippen LogP contribution in [0.4, 0.5) is 9.18 Å². The number of aromatic nitrogens is 2. The smallest absolute Gasteiger partial charge is 0.336 e. The van der Waals surface area contributed by atoms with E-state index < -0.39 is 23.1 Å². The Morgan fingerprint density at radius 1 is 1.29 bits per heavy atom. The van der Waals surface area contributed by atoms with Crippen molar-refractivity contribution in [3.8, 4) is 0 Å². The van der Waals surface area contributed by atoms with Gasteiger partial charge in [-0.25, -0.2) is 14.2 Å². The van der Waals surface area contributed by atoms with E-state index in [0.29, 0.717) is 23.8 Å². The minimum Gasteiger partial charge on any atom is -0.466 e. The summed E-state index contributed by atoms with van der Waals surface area (Å²) in [6, 6.07) is -0.882. The molecular weight excluding hydrogens is 409 g/mol. The van der Waals surface area contributed by atoms with Crippen LogP contribution in [0.15, 0.2) is 15.8 Å². The molecule has 1 saturated heterocycles. The number of H-pyrrole nitrogens is 1. The van der Waals surface area contributed by atoms with E-state index in [4.69, 9.17) is 4.74 Å². The minimum absolute atomic E-state index is 0.109. The topological polar surface area (TPSA) is 110 Å². The number of nitrogens with one attached hydrogen (secondary N) is 2. The lowest BCUT2D eigenvalue weighted by Gasteiger charge is -2.08. The van der Waals surface area contributed by atoms with Crippen LogP contribution in [0.1, 0.15) is 44.9 Å². The van der Waals surface area contributed by atoms with Crippen molar-refractivity contribution in [2.45, 2.75) is 50.2 Å². The number of rotatable bonds is 10. The fourth-order valence-corrected chi connectivity index (χ4v) is 5.61. The van der Waals surface area contributed by atoms with Crippen LogP contribution < -0.4 is 16.6 Å². The molecule has 1 amide bonds. The first-order valence-electron chi connectivity index (χ1n) is 9.21. The number of aromatic amines is 1. The molecule has 156 valence electrons. The van der Waals surface area contributed by atoms with Gasteiger partial charge in [-0.3, -0.25) is 14.6 Å². The van der Waals surface area contributed by atoms with Crippen molar-refractivity contribution in [3.63, 3.8) is 0 Å². The zero-order valence-electron chi connectivity index (χ0n) is 15.4. The molecule has 0 saturated carbocycles. The summed E-state index contributed by atoms with van der Waals surface area (Å²) < 4.78 is 18.7. The van der Waals surface area contributed by atoms with Gasteiger partial charge in [0.1, 0.15) is 0 Å². The number of halogens is 1. The van der Waals surface area contributed by atoms with Crippen LogP contribution >= 0.6 is 21.6 Å². The molecule has 0 bridgehead atoms. The van der Waals surface area contributed by atoms with Crippen LogP contribution in [-0.2, 0) is 9.53 Å². The zero-order valence-corrected chi connectivity index (χ0v) is 17.0. The van der Waals surface area contributed by atoms with Gasteiger partial charge in [0.25, 0.3) is 5.56 Å². The standard InChI is InChI=1S/C17H24FN3O5S2/c18-13-11-21(17(25)20-15(13)23)16(24)19-8-4-6-14(22)26-9-3-1-2-5-12-7-10-27-28-12/h11-12H,1-10H2,(H,19,24)(H,20,23,25). The van der Waals surface area contributed by atoms with Crippen molar-refractivity contribution in [1.29, 1.82) is 0 Å². The van der Waals surface area contributed by atoms with Crippen LogP contribution in [0.25, 0.3) is 0 Å². The number of nitrogens with zero attached hydrogens (tertiary/aromatic N) is 1. The average Bonchev–Trinajstić information content (AvgIpc) is 3.18. The molecule has 1 aromatic rings. The molecule has 8 nitrogen and oxygen atoms in total. The summed E-state index contributed by atoms with van der Waals surface area (Å²) in [6.07, 6.45) is 6.50. The molecule has 0 aromatic carbocycles. The predicted octanol–water partition coefficient (Wildman–Crippen LogP) is 2.27. The van der Waals surface area contributed by atoms with Gasteiger partial charge in [0.05, 0.1) is 12.8 Å². The van der Waals surface area contributed by atoms with Crippen molar-refractivity contribution >= 4 is 33.6 Å². The molecule has 0 aliphatic carbocycles. The van der Waals surface area contributed by atoms with Crippen LogP contribution in [-0.4, -0.2) is 45.7 Å². The number of hydrogen-bond acceptors (Lipinski definition) is 7. The number of unbranched alkanes of at least 4 members (excludes halogenated alkanes) is 2. The maximum atomic E-state index is 13.1. The Labute approximate surface area is 169 Å². The zero-order chi connectivity index (χ0) is 20.4. The number of carbonyl (C=O) groups excluding carboxylic acids is 2. The van der Waals surface area contributed by atoms with Gasteiger partial charge in [0, 0.05) is 24.0 Å². The summed E-state index contributed by atoms with van der Waals surface area (Å²) in [4.78, 5) is 47.5. The van der Waals surface area contributed by atoms with Crippen LogP contribution in [0.3, 0.4) is 0 Å². The molecule has 1 aliphatic rings. The second-order valence-corrected chi connectivity index (χ2v) is 9.13. The highest BCUT2D eigenvalue weighted by Gasteiger charge is 2.15. The lowest BCUT2D eigenvalue weighted by atomic mass is 10.1. The predicted molar refractivity (Wildman–Crippen MR) is 107 cm³/mol. The van der Waals surface area contributed by atoms with Crippen LogP contribution in [0.2, 0.25) is 0 Å². The molecule has 11 heteroatoms. The summed E-state index contributed by atoms with van der Waals surface area (Å²) in [5.74, 6) is -0.338. The minimum atomic E-state index is -1.24. The van der Waals surface area contributed by atoms with Gasteiger partial charge in [0.2, 0.25) is 5.82 Å². The van der Waals surface area contributed by atoms with Crippen LogP contribution in [0, 0.1) is 5.82 Å². The number of amides is 1. The van der Waals surface area contributed by atoms with Gasteiger partial charge in [0.15, 0.2) is 0 Å². The second kappa shape index (κ2) is 11.9. The molecule has 2 rings (SSSR count). The summed E-state index contributed by atoms with van der Waals surface area (Å²) in [6.45, 7) is 0.502. The van der Waals surface area contributed by atoms with E-state index >= 15 is 0 Å². The molecule has 2 N–H and O–H groups in total. The Bertz CT molecular complexity index is 777.